The average molecular weight is 387 g/mol. The van der Waals surface area contributed by atoms with E-state index in [1.165, 1.54) is 5.56 Å². The summed E-state index contributed by atoms with van der Waals surface area (Å²) >= 11 is 0. The van der Waals surface area contributed by atoms with Gasteiger partial charge in [0, 0.05) is 51.4 Å². The lowest BCUT2D eigenvalue weighted by Gasteiger charge is -2.34. The molecule has 3 aliphatic rings. The van der Waals surface area contributed by atoms with Crippen molar-refractivity contribution >= 4 is 36.5 Å². The highest BCUT2D eigenvalue weighted by Gasteiger charge is 2.40. The Morgan fingerprint density at radius 2 is 1.76 bits per heavy atom. The fourth-order valence-corrected chi connectivity index (χ4v) is 4.30. The van der Waals surface area contributed by atoms with E-state index in [0.29, 0.717) is 17.7 Å². The Hall–Kier alpha value is -1.04. The van der Waals surface area contributed by atoms with E-state index in [2.05, 4.69) is 39.2 Å². The number of nitrogens with zero attached hydrogens (tertiary/aromatic N) is 3. The summed E-state index contributed by atoms with van der Waals surface area (Å²) in [6.45, 7) is 8.05. The van der Waals surface area contributed by atoms with Gasteiger partial charge in [0.15, 0.2) is 0 Å². The smallest absolute Gasteiger partial charge is 0.225 e. The number of nitrogens with one attached hydrogen (secondary N) is 1. The quantitative estimate of drug-likeness (QED) is 0.845. The third-order valence-electron chi connectivity index (χ3n) is 5.77. The standard InChI is InChI=1S/C18H26N4O.2ClH/c1-13-2-3-17(20-8-13)21-6-4-14(5-7-21)18(23)22-11-15-9-19-10-16(15)12-22;;/h2-3,8,14-16,19H,4-7,9-12H2,1H3;2*1H/t15-,16+;;. The molecule has 3 fully saturated rings. The molecule has 5 nitrogen and oxygen atoms in total. The number of carbonyl (C=O) groups is 1. The Bertz CT molecular complexity index is 563. The summed E-state index contributed by atoms with van der Waals surface area (Å²) in [7, 11) is 0. The Kier molecular flexibility index (Phi) is 6.94. The average Bonchev–Trinajstić information content (AvgIpc) is 3.17. The largest absolute Gasteiger partial charge is 0.357 e. The molecule has 0 spiro atoms. The Morgan fingerprint density at radius 3 is 2.32 bits per heavy atom. The van der Waals surface area contributed by atoms with Gasteiger partial charge < -0.3 is 15.1 Å². The van der Waals surface area contributed by atoms with Crippen LogP contribution >= 0.6 is 24.8 Å². The molecule has 0 saturated carbocycles. The molecule has 7 heteroatoms. The molecule has 1 aromatic heterocycles. The van der Waals surface area contributed by atoms with Gasteiger partial charge in [0.1, 0.15) is 5.82 Å². The number of pyridine rings is 1. The first-order chi connectivity index (χ1) is 11.2. The fourth-order valence-electron chi connectivity index (χ4n) is 4.30. The van der Waals surface area contributed by atoms with Crippen molar-refractivity contribution < 1.29 is 4.79 Å². The molecule has 0 bridgehead atoms. The maximum Gasteiger partial charge on any atom is 0.225 e. The lowest BCUT2D eigenvalue weighted by atomic mass is 9.95. The van der Waals surface area contributed by atoms with Crippen LogP contribution in [0.3, 0.4) is 0 Å². The van der Waals surface area contributed by atoms with Gasteiger partial charge in [-0.15, -0.1) is 24.8 Å². The Labute approximate surface area is 162 Å². The number of likely N-dealkylation sites (tertiary alicyclic amines) is 1. The minimum atomic E-state index is 0. The molecular formula is C18H28Cl2N4O. The predicted molar refractivity (Wildman–Crippen MR) is 105 cm³/mol. The van der Waals surface area contributed by atoms with Crippen molar-refractivity contribution in [2.24, 2.45) is 17.8 Å². The molecule has 4 heterocycles. The maximum atomic E-state index is 12.8. The Morgan fingerprint density at radius 1 is 1.12 bits per heavy atom. The number of fused-ring (bicyclic) bond motifs is 1. The zero-order chi connectivity index (χ0) is 15.8. The molecule has 0 unspecified atom stereocenters. The number of rotatable bonds is 2. The van der Waals surface area contributed by atoms with E-state index in [1.807, 2.05) is 6.20 Å². The van der Waals surface area contributed by atoms with Gasteiger partial charge in [-0.05, 0) is 43.2 Å². The van der Waals surface area contributed by atoms with Crippen LogP contribution in [0.5, 0.6) is 0 Å². The minimum absolute atomic E-state index is 0. The van der Waals surface area contributed by atoms with Crippen LogP contribution in [0.4, 0.5) is 5.82 Å². The van der Waals surface area contributed by atoms with E-state index < -0.39 is 0 Å². The van der Waals surface area contributed by atoms with Crippen LogP contribution < -0.4 is 10.2 Å². The molecule has 25 heavy (non-hydrogen) atoms. The van der Waals surface area contributed by atoms with Crippen LogP contribution in [-0.2, 0) is 4.79 Å². The van der Waals surface area contributed by atoms with E-state index >= 15 is 0 Å². The second kappa shape index (κ2) is 8.56. The molecule has 1 aromatic rings. The highest BCUT2D eigenvalue weighted by molar-refractivity contribution is 5.85. The lowest BCUT2D eigenvalue weighted by molar-refractivity contribution is -0.135. The number of hydrogen-bond donors (Lipinski definition) is 1. The van der Waals surface area contributed by atoms with E-state index in [-0.39, 0.29) is 30.7 Å². The molecule has 0 aromatic carbocycles. The number of halogens is 2. The fraction of sp³-hybridized carbons (Fsp3) is 0.667. The minimum Gasteiger partial charge on any atom is -0.357 e. The van der Waals surface area contributed by atoms with E-state index in [9.17, 15) is 4.79 Å². The van der Waals surface area contributed by atoms with Crippen LogP contribution in [0.25, 0.3) is 0 Å². The van der Waals surface area contributed by atoms with Gasteiger partial charge in [0.2, 0.25) is 5.91 Å². The van der Waals surface area contributed by atoms with E-state index in [0.717, 1.165) is 57.9 Å². The van der Waals surface area contributed by atoms with E-state index in [4.69, 9.17) is 0 Å². The van der Waals surface area contributed by atoms with Gasteiger partial charge in [0.05, 0.1) is 0 Å². The maximum absolute atomic E-state index is 12.8. The second-order valence-electron chi connectivity index (χ2n) is 7.38. The monoisotopic (exact) mass is 386 g/mol. The molecule has 3 aliphatic heterocycles. The van der Waals surface area contributed by atoms with Crippen molar-refractivity contribution in [3.05, 3.63) is 23.9 Å². The zero-order valence-electron chi connectivity index (χ0n) is 14.7. The molecule has 4 rings (SSSR count). The van der Waals surface area contributed by atoms with Gasteiger partial charge in [-0.25, -0.2) is 4.98 Å². The highest BCUT2D eigenvalue weighted by Crippen LogP contribution is 2.30. The first-order valence-corrected chi connectivity index (χ1v) is 8.88. The van der Waals surface area contributed by atoms with Crippen molar-refractivity contribution in [2.45, 2.75) is 19.8 Å². The van der Waals surface area contributed by atoms with Crippen LogP contribution in [-0.4, -0.2) is 55.1 Å². The summed E-state index contributed by atoms with van der Waals surface area (Å²) < 4.78 is 0. The van der Waals surface area contributed by atoms with Gasteiger partial charge in [0.25, 0.3) is 0 Å². The molecule has 1 N–H and O–H groups in total. The Balaban J connectivity index is 0.00000113. The van der Waals surface area contributed by atoms with Gasteiger partial charge in [-0.1, -0.05) is 6.07 Å². The van der Waals surface area contributed by atoms with Crippen molar-refractivity contribution in [3.63, 3.8) is 0 Å². The summed E-state index contributed by atoms with van der Waals surface area (Å²) in [4.78, 5) is 21.8. The van der Waals surface area contributed by atoms with E-state index in [1.54, 1.807) is 0 Å². The molecule has 1 amide bonds. The number of amides is 1. The van der Waals surface area contributed by atoms with Crippen LogP contribution in [0.15, 0.2) is 18.3 Å². The van der Waals surface area contributed by atoms with Gasteiger partial charge in [-0.2, -0.15) is 0 Å². The number of hydrogen-bond acceptors (Lipinski definition) is 4. The topological polar surface area (TPSA) is 48.5 Å². The number of aromatic nitrogens is 1. The van der Waals surface area contributed by atoms with Crippen molar-refractivity contribution in [2.75, 3.05) is 44.2 Å². The molecular weight excluding hydrogens is 359 g/mol. The molecule has 0 radical (unpaired) electrons. The third kappa shape index (κ3) is 4.21. The first-order valence-electron chi connectivity index (χ1n) is 8.88. The summed E-state index contributed by atoms with van der Waals surface area (Å²) in [5, 5.41) is 3.44. The molecule has 140 valence electrons. The second-order valence-corrected chi connectivity index (χ2v) is 7.38. The molecule has 2 atom stereocenters. The summed E-state index contributed by atoms with van der Waals surface area (Å²) in [5.41, 5.74) is 1.19. The first kappa shape index (κ1) is 20.3. The number of anilines is 1. The SMILES string of the molecule is Cc1ccc(N2CCC(C(=O)N3C[C@H]4CNC[C@H]4C3)CC2)nc1.Cl.Cl. The summed E-state index contributed by atoms with van der Waals surface area (Å²) in [6.07, 6.45) is 3.83. The predicted octanol–water partition coefficient (Wildman–Crippen LogP) is 2.13. The number of aryl methyl sites for hydroxylation is 1. The molecule has 3 saturated heterocycles. The third-order valence-corrected chi connectivity index (χ3v) is 5.77. The molecule has 0 aliphatic carbocycles. The lowest BCUT2D eigenvalue weighted by Crippen LogP contribution is -2.42. The van der Waals surface area contributed by atoms with Crippen molar-refractivity contribution in [3.8, 4) is 0 Å². The highest BCUT2D eigenvalue weighted by atomic mass is 35.5. The zero-order valence-corrected chi connectivity index (χ0v) is 16.3. The normalized spacial score (nSPS) is 26.0. The van der Waals surface area contributed by atoms with Gasteiger partial charge >= 0.3 is 0 Å². The number of piperidine rings is 1. The van der Waals surface area contributed by atoms with Crippen LogP contribution in [0.1, 0.15) is 18.4 Å². The van der Waals surface area contributed by atoms with Crippen molar-refractivity contribution in [1.82, 2.24) is 15.2 Å². The van der Waals surface area contributed by atoms with Crippen LogP contribution in [0, 0.1) is 24.7 Å². The summed E-state index contributed by atoms with van der Waals surface area (Å²) in [5.74, 6) is 3.04. The van der Waals surface area contributed by atoms with Crippen LogP contribution in [0.2, 0.25) is 0 Å². The summed E-state index contributed by atoms with van der Waals surface area (Å²) in [6, 6.07) is 4.20. The number of carbonyl (C=O) groups excluding carboxylic acids is 1. The van der Waals surface area contributed by atoms with Gasteiger partial charge in [-0.3, -0.25) is 4.79 Å². The van der Waals surface area contributed by atoms with Crippen molar-refractivity contribution in [1.29, 1.82) is 0 Å².